The van der Waals surface area contributed by atoms with Crippen molar-refractivity contribution in [2.45, 2.75) is 6.42 Å². The lowest BCUT2D eigenvalue weighted by Gasteiger charge is -2.10. The van der Waals surface area contributed by atoms with Crippen LogP contribution >= 0.6 is 0 Å². The maximum Gasteiger partial charge on any atom is 0.484 e. The van der Waals surface area contributed by atoms with Crippen molar-refractivity contribution in [1.29, 1.82) is 0 Å². The molecule has 0 bridgehead atoms. The van der Waals surface area contributed by atoms with Crippen LogP contribution in [-0.4, -0.2) is 28.4 Å². The zero-order valence-corrected chi connectivity index (χ0v) is 11.9. The van der Waals surface area contributed by atoms with E-state index in [0.29, 0.717) is 22.4 Å². The predicted octanol–water partition coefficient (Wildman–Crippen LogP) is 1.67. The van der Waals surface area contributed by atoms with Gasteiger partial charge in [0.1, 0.15) is 0 Å². The van der Waals surface area contributed by atoms with E-state index in [0.717, 1.165) is 0 Å². The second-order valence-electron chi connectivity index (χ2n) is 4.24. The highest BCUT2D eigenvalue weighted by atomic mass is 27.1. The Kier molecular flexibility index (Phi) is 4.57. The van der Waals surface area contributed by atoms with Gasteiger partial charge >= 0.3 is 16.6 Å². The van der Waals surface area contributed by atoms with E-state index >= 15 is 0 Å². The molecule has 98 valence electrons. The Hall–Kier alpha value is -2.09. The number of carbonyl (C=O) groups is 2. The van der Waals surface area contributed by atoms with E-state index in [2.05, 4.69) is 3.79 Å². The zero-order valence-electron chi connectivity index (χ0n) is 10.7. The average molecular weight is 281 g/mol. The van der Waals surface area contributed by atoms with Gasteiger partial charge in [-0.05, 0) is 11.6 Å². The Morgan fingerprint density at radius 1 is 1.05 bits per heavy atom. The van der Waals surface area contributed by atoms with Crippen molar-refractivity contribution < 1.29 is 13.4 Å². The third-order valence-corrected chi connectivity index (χ3v) is 3.21. The van der Waals surface area contributed by atoms with E-state index in [1.54, 1.807) is 42.5 Å². The Balaban J connectivity index is 2.36. The number of rotatable bonds is 4. The molecule has 2 rings (SSSR count). The number of benzene rings is 2. The number of hydrogen-bond acceptors (Lipinski definition) is 4. The summed E-state index contributed by atoms with van der Waals surface area (Å²) < 4.78 is 4.53. The van der Waals surface area contributed by atoms with Crippen molar-refractivity contribution in [3.8, 4) is 0 Å². The fourth-order valence-electron chi connectivity index (χ4n) is 1.91. The molecule has 2 N–H and O–H groups in total. The molecule has 4 nitrogen and oxygen atoms in total. The topological polar surface area (TPSA) is 69.4 Å². The number of carbonyl (C=O) groups excluding carboxylic acids is 2. The molecule has 0 saturated carbocycles. The number of nitrogens with two attached hydrogens (primary N) is 1. The first-order chi connectivity index (χ1) is 9.63. The van der Waals surface area contributed by atoms with Crippen LogP contribution in [0.3, 0.4) is 0 Å². The van der Waals surface area contributed by atoms with Gasteiger partial charge in [0.2, 0.25) is 0 Å². The molecule has 0 heterocycles. The summed E-state index contributed by atoms with van der Waals surface area (Å²) in [6.07, 6.45) is 0.0330. The summed E-state index contributed by atoms with van der Waals surface area (Å²) in [5.41, 5.74) is 7.84. The largest absolute Gasteiger partial charge is 0.628 e. The first kappa shape index (κ1) is 14.3. The molecule has 0 aliphatic heterocycles. The minimum absolute atomic E-state index is 0.0330. The molecule has 0 amide bonds. The summed E-state index contributed by atoms with van der Waals surface area (Å²) in [7, 11) is 0. The number of para-hydroxylation sites is 1. The van der Waals surface area contributed by atoms with Gasteiger partial charge in [-0.2, -0.15) is 0 Å². The Morgan fingerprint density at radius 2 is 1.75 bits per heavy atom. The molecular weight excluding hydrogens is 269 g/mol. The average Bonchev–Trinajstić information content (AvgIpc) is 2.49. The van der Waals surface area contributed by atoms with Gasteiger partial charge in [-0.3, -0.25) is 9.59 Å². The molecule has 0 fully saturated rings. The molecule has 0 aliphatic carbocycles. The second kappa shape index (κ2) is 6.38. The van der Waals surface area contributed by atoms with Crippen LogP contribution in [0.1, 0.15) is 21.5 Å². The maximum atomic E-state index is 12.4. The summed E-state index contributed by atoms with van der Waals surface area (Å²) in [6, 6.07) is 13.9. The summed E-state index contributed by atoms with van der Waals surface area (Å²) in [5, 5.41) is 0. The number of nitrogen functional groups attached to an aromatic ring is 1. The number of hydrogen-bond donors (Lipinski definition) is 1. The lowest BCUT2D eigenvalue weighted by atomic mass is 9.98. The smallest absolute Gasteiger partial charge is 0.484 e. The number of ketones is 1. The van der Waals surface area contributed by atoms with Gasteiger partial charge < -0.3 is 9.52 Å². The van der Waals surface area contributed by atoms with E-state index in [-0.39, 0.29) is 12.2 Å². The van der Waals surface area contributed by atoms with Crippen LogP contribution in [0.25, 0.3) is 0 Å². The van der Waals surface area contributed by atoms with E-state index < -0.39 is 5.97 Å². The third kappa shape index (κ3) is 3.08. The Bertz CT molecular complexity index is 641. The van der Waals surface area contributed by atoms with Crippen LogP contribution in [0.15, 0.2) is 48.5 Å². The molecule has 20 heavy (non-hydrogen) atoms. The molecular formula is C15H12AlNO3. The van der Waals surface area contributed by atoms with E-state index in [1.807, 2.05) is 22.7 Å². The molecule has 0 aliphatic rings. The fourth-order valence-corrected chi connectivity index (χ4v) is 1.99. The first-order valence-electron chi connectivity index (χ1n) is 6.00. The highest BCUT2D eigenvalue weighted by Gasteiger charge is 2.15. The van der Waals surface area contributed by atoms with Gasteiger partial charge in [0.15, 0.2) is 5.78 Å². The maximum absolute atomic E-state index is 12.4. The van der Waals surface area contributed by atoms with E-state index in [4.69, 9.17) is 5.73 Å². The van der Waals surface area contributed by atoms with Crippen LogP contribution in [0.4, 0.5) is 5.69 Å². The van der Waals surface area contributed by atoms with Crippen molar-refractivity contribution in [3.63, 3.8) is 0 Å². The monoisotopic (exact) mass is 281 g/mol. The fraction of sp³-hybridized carbons (Fsp3) is 0.0667. The van der Waals surface area contributed by atoms with Gasteiger partial charge in [-0.15, -0.1) is 0 Å². The Morgan fingerprint density at radius 3 is 2.40 bits per heavy atom. The van der Waals surface area contributed by atoms with Crippen molar-refractivity contribution >= 4 is 34.1 Å². The van der Waals surface area contributed by atoms with Crippen molar-refractivity contribution in [2.75, 3.05) is 5.73 Å². The highest BCUT2D eigenvalue weighted by Crippen LogP contribution is 2.21. The zero-order chi connectivity index (χ0) is 14.5. The summed E-state index contributed by atoms with van der Waals surface area (Å²) in [6.45, 7) is 0. The third-order valence-electron chi connectivity index (χ3n) is 2.94. The summed E-state index contributed by atoms with van der Waals surface area (Å²) in [4.78, 5) is 23.7. The van der Waals surface area contributed by atoms with Crippen LogP contribution in [-0.2, 0) is 15.0 Å². The van der Waals surface area contributed by atoms with Gasteiger partial charge in [0, 0.05) is 16.8 Å². The van der Waals surface area contributed by atoms with E-state index in [1.165, 1.54) is 0 Å². The highest BCUT2D eigenvalue weighted by molar-refractivity contribution is 6.12. The van der Waals surface area contributed by atoms with Crippen LogP contribution in [0.5, 0.6) is 0 Å². The molecule has 5 heteroatoms. The van der Waals surface area contributed by atoms with Crippen molar-refractivity contribution in [1.82, 2.24) is 0 Å². The number of anilines is 1. The van der Waals surface area contributed by atoms with Crippen LogP contribution < -0.4 is 5.73 Å². The van der Waals surface area contributed by atoms with Crippen molar-refractivity contribution in [2.24, 2.45) is 0 Å². The molecule has 0 aromatic heterocycles. The van der Waals surface area contributed by atoms with Gasteiger partial charge in [0.05, 0.1) is 6.42 Å². The molecule has 0 atom stereocenters. The molecule has 0 saturated heterocycles. The second-order valence-corrected chi connectivity index (χ2v) is 4.48. The lowest BCUT2D eigenvalue weighted by Crippen LogP contribution is -2.11. The van der Waals surface area contributed by atoms with Crippen LogP contribution in [0.2, 0.25) is 0 Å². The summed E-state index contributed by atoms with van der Waals surface area (Å²) >= 11 is 1.90. The summed E-state index contributed by atoms with van der Waals surface area (Å²) in [5.74, 6) is -0.588. The molecule has 0 spiro atoms. The molecule has 2 aromatic rings. The van der Waals surface area contributed by atoms with E-state index in [9.17, 15) is 9.59 Å². The van der Waals surface area contributed by atoms with Crippen LogP contribution in [0, 0.1) is 0 Å². The van der Waals surface area contributed by atoms with Gasteiger partial charge in [-0.25, -0.2) is 0 Å². The molecule has 2 aromatic carbocycles. The van der Waals surface area contributed by atoms with Crippen molar-refractivity contribution in [3.05, 3.63) is 65.2 Å². The van der Waals surface area contributed by atoms with Gasteiger partial charge in [-0.1, -0.05) is 42.5 Å². The minimum atomic E-state index is -0.425. The Labute approximate surface area is 125 Å². The quantitative estimate of drug-likeness (QED) is 0.526. The van der Waals surface area contributed by atoms with Gasteiger partial charge in [0.25, 0.3) is 5.97 Å². The normalized spacial score (nSPS) is 10.0. The SMILES string of the molecule is Nc1c(CC(=O)[O][Al])cccc1C(=O)c1ccccc1. The predicted molar refractivity (Wildman–Crippen MR) is 76.3 cm³/mol. The minimum Gasteiger partial charge on any atom is -0.628 e. The molecule has 0 unspecified atom stereocenters. The first-order valence-corrected chi connectivity index (χ1v) is 6.47. The molecule has 2 radical (unpaired) electrons. The lowest BCUT2D eigenvalue weighted by molar-refractivity contribution is -0.133. The standard InChI is InChI=1S/C15H13NO3.Al/c16-14-11(9-13(17)18)7-4-8-12(14)15(19)10-5-2-1-3-6-10;/h1-8H,9,16H2,(H,17,18);/q;+1/p-1.